The maximum atomic E-state index is 13.8. The summed E-state index contributed by atoms with van der Waals surface area (Å²) in [6.07, 6.45) is 6.34. The summed E-state index contributed by atoms with van der Waals surface area (Å²) in [5.41, 5.74) is 2.55. The van der Waals surface area contributed by atoms with Gasteiger partial charge in [0.2, 0.25) is 5.91 Å². The van der Waals surface area contributed by atoms with Crippen molar-refractivity contribution >= 4 is 28.4 Å². The van der Waals surface area contributed by atoms with Crippen molar-refractivity contribution in [2.45, 2.75) is 64.9 Å². The molecule has 48 heavy (non-hydrogen) atoms. The average molecular weight is 648 g/mol. The number of amides is 2. The number of rotatable bonds is 16. The molecule has 2 heterocycles. The van der Waals surface area contributed by atoms with Gasteiger partial charge in [-0.3, -0.25) is 9.59 Å². The molecule has 0 aliphatic heterocycles. The lowest BCUT2D eigenvalue weighted by Crippen LogP contribution is -2.47. The summed E-state index contributed by atoms with van der Waals surface area (Å²) in [5, 5.41) is 11.7. The van der Waals surface area contributed by atoms with Gasteiger partial charge in [0.25, 0.3) is 5.91 Å². The van der Waals surface area contributed by atoms with Gasteiger partial charge in [-0.2, -0.15) is 0 Å². The fourth-order valence-corrected chi connectivity index (χ4v) is 5.68. The zero-order valence-electron chi connectivity index (χ0n) is 28.1. The van der Waals surface area contributed by atoms with Crippen LogP contribution in [0.3, 0.4) is 0 Å². The number of carbonyl (C=O) groups is 2. The van der Waals surface area contributed by atoms with Crippen molar-refractivity contribution in [3.05, 3.63) is 120 Å². The second-order valence-electron chi connectivity index (χ2n) is 12.2. The van der Waals surface area contributed by atoms with Gasteiger partial charge >= 0.3 is 0 Å². The molecule has 5 aromatic rings. The molecule has 4 N–H and O–H groups in total. The van der Waals surface area contributed by atoms with Gasteiger partial charge in [0.1, 0.15) is 11.9 Å². The van der Waals surface area contributed by atoms with E-state index in [0.717, 1.165) is 33.5 Å². The Balaban J connectivity index is 1.26. The monoisotopic (exact) mass is 647 g/mol. The summed E-state index contributed by atoms with van der Waals surface area (Å²) in [7, 11) is 1.96. The highest BCUT2D eigenvalue weighted by atomic mass is 16.5. The van der Waals surface area contributed by atoms with Crippen LogP contribution in [0.25, 0.3) is 10.8 Å². The van der Waals surface area contributed by atoms with Crippen molar-refractivity contribution in [3.8, 4) is 5.75 Å². The third-order valence-corrected chi connectivity index (χ3v) is 8.12. The molecule has 10 nitrogen and oxygen atoms in total. The minimum Gasteiger partial charge on any atom is -0.487 e. The first kappa shape index (κ1) is 34.1. The number of anilines is 1. The van der Waals surface area contributed by atoms with Gasteiger partial charge < -0.3 is 30.6 Å². The molecular formula is C38H45N7O3. The molecule has 0 aliphatic rings. The number of ether oxygens (including phenoxy) is 1. The number of hydrogen-bond acceptors (Lipinski definition) is 7. The standard InChI is InChI=1S/C38H45N7O3/c1-26(2)48-34-15-8-20-42-36(34)45(4)23-9-14-33(38(47)43-27(3)31-13-7-11-29-10-5-6-12-32(29)31)44-37(46)30-18-16-28(17-19-30)24-39-25-35-40-21-22-41-35/h5-8,10-13,15-22,26-27,33,39H,9,14,23-25H2,1-4H3,(H,40,41)(H,43,47)(H,44,46)/t27?,33-/m0/s1. The normalized spacial score (nSPS) is 12.4. The number of carbonyl (C=O) groups excluding carboxylic acids is 2. The molecule has 0 aliphatic carbocycles. The molecule has 0 fully saturated rings. The Morgan fingerprint density at radius 3 is 2.44 bits per heavy atom. The zero-order chi connectivity index (χ0) is 33.9. The van der Waals surface area contributed by atoms with Gasteiger partial charge in [-0.1, -0.05) is 54.6 Å². The average Bonchev–Trinajstić information content (AvgIpc) is 3.61. The Morgan fingerprint density at radius 1 is 0.875 bits per heavy atom. The van der Waals surface area contributed by atoms with Crippen LogP contribution in [0.1, 0.15) is 67.0 Å². The maximum absolute atomic E-state index is 13.8. The molecule has 0 saturated carbocycles. The van der Waals surface area contributed by atoms with E-state index in [-0.39, 0.29) is 24.0 Å². The smallest absolute Gasteiger partial charge is 0.251 e. The molecule has 3 aromatic carbocycles. The number of fused-ring (bicyclic) bond motifs is 1. The van der Waals surface area contributed by atoms with Crippen LogP contribution in [0.5, 0.6) is 5.75 Å². The zero-order valence-corrected chi connectivity index (χ0v) is 28.1. The van der Waals surface area contributed by atoms with Crippen LogP contribution in [0, 0.1) is 0 Å². The summed E-state index contributed by atoms with van der Waals surface area (Å²) in [4.78, 5) is 41.2. The summed E-state index contributed by atoms with van der Waals surface area (Å²) in [5.74, 6) is 1.78. The summed E-state index contributed by atoms with van der Waals surface area (Å²) >= 11 is 0. The first-order chi connectivity index (χ1) is 23.3. The molecule has 1 unspecified atom stereocenters. The van der Waals surface area contributed by atoms with Gasteiger partial charge in [-0.25, -0.2) is 9.97 Å². The summed E-state index contributed by atoms with van der Waals surface area (Å²) in [6.45, 7) is 7.80. The second-order valence-corrected chi connectivity index (χ2v) is 12.2. The molecule has 2 amide bonds. The Labute approximate surface area is 282 Å². The molecule has 0 radical (unpaired) electrons. The van der Waals surface area contributed by atoms with E-state index in [1.165, 1.54) is 0 Å². The number of benzene rings is 3. The third-order valence-electron chi connectivity index (χ3n) is 8.12. The minimum atomic E-state index is -0.743. The van der Waals surface area contributed by atoms with Crippen LogP contribution in [-0.2, 0) is 17.9 Å². The van der Waals surface area contributed by atoms with Crippen LogP contribution >= 0.6 is 0 Å². The predicted molar refractivity (Wildman–Crippen MR) is 190 cm³/mol. The van der Waals surface area contributed by atoms with Crippen molar-refractivity contribution in [1.29, 1.82) is 0 Å². The van der Waals surface area contributed by atoms with Crippen LogP contribution in [0.4, 0.5) is 5.82 Å². The second kappa shape index (κ2) is 16.6. The van der Waals surface area contributed by atoms with Gasteiger partial charge in [0.05, 0.1) is 18.7 Å². The van der Waals surface area contributed by atoms with Crippen LogP contribution in [0.15, 0.2) is 97.5 Å². The first-order valence-corrected chi connectivity index (χ1v) is 16.5. The van der Waals surface area contributed by atoms with E-state index in [9.17, 15) is 9.59 Å². The van der Waals surface area contributed by atoms with Crippen molar-refractivity contribution < 1.29 is 14.3 Å². The Kier molecular flexibility index (Phi) is 11.8. The first-order valence-electron chi connectivity index (χ1n) is 16.5. The van der Waals surface area contributed by atoms with E-state index in [1.807, 2.05) is 81.2 Å². The van der Waals surface area contributed by atoms with E-state index in [4.69, 9.17) is 4.74 Å². The highest BCUT2D eigenvalue weighted by Crippen LogP contribution is 2.26. The molecule has 0 saturated heterocycles. The van der Waals surface area contributed by atoms with Crippen LogP contribution in [-0.4, -0.2) is 52.5 Å². The van der Waals surface area contributed by atoms with Crippen molar-refractivity contribution in [2.75, 3.05) is 18.5 Å². The molecule has 10 heteroatoms. The number of aromatic nitrogens is 3. The largest absolute Gasteiger partial charge is 0.487 e. The van der Waals surface area contributed by atoms with Crippen molar-refractivity contribution in [2.24, 2.45) is 0 Å². The number of nitrogens with one attached hydrogen (secondary N) is 4. The maximum Gasteiger partial charge on any atom is 0.251 e. The van der Waals surface area contributed by atoms with E-state index in [0.29, 0.717) is 43.8 Å². The molecular weight excluding hydrogens is 602 g/mol. The highest BCUT2D eigenvalue weighted by Gasteiger charge is 2.24. The van der Waals surface area contributed by atoms with Crippen molar-refractivity contribution in [3.63, 3.8) is 0 Å². The van der Waals surface area contributed by atoms with Gasteiger partial charge in [0, 0.05) is 44.3 Å². The topological polar surface area (TPSA) is 124 Å². The van der Waals surface area contributed by atoms with E-state index in [2.05, 4.69) is 49.1 Å². The highest BCUT2D eigenvalue weighted by molar-refractivity contribution is 5.97. The van der Waals surface area contributed by atoms with Crippen molar-refractivity contribution in [1.82, 2.24) is 30.9 Å². The number of nitrogens with zero attached hydrogens (tertiary/aromatic N) is 3. The number of aromatic amines is 1. The minimum absolute atomic E-state index is 0.0143. The fraction of sp³-hybridized carbons (Fsp3) is 0.316. The molecule has 2 atom stereocenters. The summed E-state index contributed by atoms with van der Waals surface area (Å²) < 4.78 is 5.96. The van der Waals surface area contributed by atoms with Gasteiger partial charge in [0.15, 0.2) is 11.6 Å². The van der Waals surface area contributed by atoms with E-state index >= 15 is 0 Å². The Morgan fingerprint density at radius 2 is 1.67 bits per heavy atom. The number of hydrogen-bond donors (Lipinski definition) is 4. The van der Waals surface area contributed by atoms with E-state index < -0.39 is 6.04 Å². The Hall–Kier alpha value is -5.22. The quantitative estimate of drug-likeness (QED) is 0.105. The molecule has 2 aromatic heterocycles. The predicted octanol–water partition coefficient (Wildman–Crippen LogP) is 5.93. The van der Waals surface area contributed by atoms with E-state index in [1.54, 1.807) is 30.7 Å². The van der Waals surface area contributed by atoms with Crippen LogP contribution < -0.4 is 25.6 Å². The van der Waals surface area contributed by atoms with Crippen LogP contribution in [0.2, 0.25) is 0 Å². The summed E-state index contributed by atoms with van der Waals surface area (Å²) in [6, 6.07) is 24.4. The lowest BCUT2D eigenvalue weighted by atomic mass is 9.99. The Bertz CT molecular complexity index is 1770. The number of pyridine rings is 1. The lowest BCUT2D eigenvalue weighted by molar-refractivity contribution is -0.123. The SMILES string of the molecule is CC(C)Oc1cccnc1N(C)CCC[C@H](NC(=O)c1ccc(CNCc2ncc[nH]2)cc1)C(=O)NC(C)c1cccc2ccccc12. The fourth-order valence-electron chi connectivity index (χ4n) is 5.68. The molecule has 0 bridgehead atoms. The molecule has 250 valence electrons. The lowest BCUT2D eigenvalue weighted by Gasteiger charge is -2.25. The molecule has 0 spiro atoms. The number of H-pyrrole nitrogens is 1. The third kappa shape index (κ3) is 9.19. The number of imidazole rings is 1. The van der Waals surface area contributed by atoms with Gasteiger partial charge in [-0.05, 0) is 79.8 Å². The molecule has 5 rings (SSSR count). The van der Waals surface area contributed by atoms with Gasteiger partial charge in [-0.15, -0.1) is 0 Å².